The fourth-order valence-corrected chi connectivity index (χ4v) is 1.61. The Balaban J connectivity index is 2.80. The summed E-state index contributed by atoms with van der Waals surface area (Å²) in [5.74, 6) is 0.172. The minimum atomic E-state index is -0.463. The number of fused-ring (bicyclic) bond motifs is 1. The number of aromatic nitrogens is 1. The van der Waals surface area contributed by atoms with Gasteiger partial charge in [0.15, 0.2) is 5.58 Å². The SMILES string of the molecule is COc1cc2oc(=O)[nH]c2cc1Br. The van der Waals surface area contributed by atoms with Gasteiger partial charge in [-0.05, 0) is 22.0 Å². The van der Waals surface area contributed by atoms with Crippen molar-refractivity contribution in [3.05, 3.63) is 27.2 Å². The van der Waals surface area contributed by atoms with Gasteiger partial charge in [-0.3, -0.25) is 4.98 Å². The molecule has 13 heavy (non-hydrogen) atoms. The van der Waals surface area contributed by atoms with E-state index in [2.05, 4.69) is 20.9 Å². The smallest absolute Gasteiger partial charge is 0.417 e. The van der Waals surface area contributed by atoms with Crippen LogP contribution in [0, 0.1) is 0 Å². The highest BCUT2D eigenvalue weighted by atomic mass is 79.9. The van der Waals surface area contributed by atoms with Crippen molar-refractivity contribution in [1.29, 1.82) is 0 Å². The molecule has 1 aromatic carbocycles. The summed E-state index contributed by atoms with van der Waals surface area (Å²) in [5, 5.41) is 0. The number of ether oxygens (including phenoxy) is 1. The quantitative estimate of drug-likeness (QED) is 0.833. The molecule has 2 rings (SSSR count). The van der Waals surface area contributed by atoms with E-state index in [0.717, 1.165) is 4.47 Å². The molecule has 0 unspecified atom stereocenters. The number of aromatic amines is 1. The van der Waals surface area contributed by atoms with E-state index < -0.39 is 5.76 Å². The molecule has 1 N–H and O–H groups in total. The fraction of sp³-hybridized carbons (Fsp3) is 0.125. The Morgan fingerprint density at radius 1 is 1.54 bits per heavy atom. The van der Waals surface area contributed by atoms with E-state index >= 15 is 0 Å². The molecule has 5 heteroatoms. The van der Waals surface area contributed by atoms with E-state index in [1.165, 1.54) is 0 Å². The lowest BCUT2D eigenvalue weighted by Gasteiger charge is -2.00. The second kappa shape index (κ2) is 2.92. The van der Waals surface area contributed by atoms with E-state index in [9.17, 15) is 4.79 Å². The highest BCUT2D eigenvalue weighted by Gasteiger charge is 2.06. The number of hydrogen-bond acceptors (Lipinski definition) is 3. The van der Waals surface area contributed by atoms with Crippen LogP contribution in [0.1, 0.15) is 0 Å². The van der Waals surface area contributed by atoms with Gasteiger partial charge in [0, 0.05) is 6.07 Å². The van der Waals surface area contributed by atoms with Crippen molar-refractivity contribution in [2.45, 2.75) is 0 Å². The lowest BCUT2D eigenvalue weighted by molar-refractivity contribution is 0.411. The molecule has 68 valence electrons. The molecule has 0 radical (unpaired) electrons. The Labute approximate surface area is 81.6 Å². The summed E-state index contributed by atoms with van der Waals surface area (Å²) in [4.78, 5) is 13.4. The third-order valence-corrected chi connectivity index (χ3v) is 2.31. The maximum Gasteiger partial charge on any atom is 0.417 e. The molecule has 1 heterocycles. The van der Waals surface area contributed by atoms with E-state index in [1.54, 1.807) is 19.2 Å². The van der Waals surface area contributed by atoms with Crippen molar-refractivity contribution in [2.75, 3.05) is 7.11 Å². The fourth-order valence-electron chi connectivity index (χ4n) is 1.11. The predicted octanol–water partition coefficient (Wildman–Crippen LogP) is 1.89. The van der Waals surface area contributed by atoms with Crippen molar-refractivity contribution in [3.8, 4) is 5.75 Å². The summed E-state index contributed by atoms with van der Waals surface area (Å²) in [6.45, 7) is 0. The molecule has 0 saturated heterocycles. The van der Waals surface area contributed by atoms with Crippen LogP contribution in [-0.4, -0.2) is 12.1 Å². The summed E-state index contributed by atoms with van der Waals surface area (Å²) in [6.07, 6.45) is 0. The Hall–Kier alpha value is -1.23. The molecule has 1 aromatic heterocycles. The highest BCUT2D eigenvalue weighted by molar-refractivity contribution is 9.10. The molecule has 0 spiro atoms. The van der Waals surface area contributed by atoms with Gasteiger partial charge in [0.2, 0.25) is 0 Å². The Bertz CT molecular complexity index is 500. The maximum absolute atomic E-state index is 10.8. The minimum Gasteiger partial charge on any atom is -0.495 e. The van der Waals surface area contributed by atoms with Crippen LogP contribution in [0.3, 0.4) is 0 Å². The Kier molecular flexibility index (Phi) is 1.88. The molecule has 0 amide bonds. The van der Waals surface area contributed by atoms with Gasteiger partial charge in [0.1, 0.15) is 5.75 Å². The molecule has 0 bridgehead atoms. The van der Waals surface area contributed by atoms with E-state index in [-0.39, 0.29) is 0 Å². The Morgan fingerprint density at radius 3 is 3.00 bits per heavy atom. The molecule has 0 saturated carbocycles. The van der Waals surface area contributed by atoms with Crippen LogP contribution >= 0.6 is 15.9 Å². The topological polar surface area (TPSA) is 55.2 Å². The first-order chi connectivity index (χ1) is 6.20. The highest BCUT2D eigenvalue weighted by Crippen LogP contribution is 2.28. The van der Waals surface area contributed by atoms with Crippen LogP contribution in [0.15, 0.2) is 25.8 Å². The molecule has 0 aliphatic rings. The standard InChI is InChI=1S/C8H6BrNO3/c1-12-6-3-7-5(2-4(6)9)10-8(11)13-7/h2-3H,1H3,(H,10,11). The first kappa shape index (κ1) is 8.37. The first-order valence-corrected chi connectivity index (χ1v) is 4.36. The number of methoxy groups -OCH3 is 1. The van der Waals surface area contributed by atoms with Crippen molar-refractivity contribution in [1.82, 2.24) is 4.98 Å². The molecule has 2 aromatic rings. The van der Waals surface area contributed by atoms with Crippen LogP contribution < -0.4 is 10.5 Å². The van der Waals surface area contributed by atoms with E-state index in [0.29, 0.717) is 16.8 Å². The van der Waals surface area contributed by atoms with Crippen molar-refractivity contribution in [2.24, 2.45) is 0 Å². The second-order valence-electron chi connectivity index (χ2n) is 2.50. The minimum absolute atomic E-state index is 0.463. The van der Waals surface area contributed by atoms with Gasteiger partial charge in [-0.25, -0.2) is 4.79 Å². The largest absolute Gasteiger partial charge is 0.495 e. The lowest BCUT2D eigenvalue weighted by Crippen LogP contribution is -1.92. The summed E-state index contributed by atoms with van der Waals surface area (Å²) in [5.41, 5.74) is 1.14. The van der Waals surface area contributed by atoms with Crippen LogP contribution in [0.2, 0.25) is 0 Å². The number of benzene rings is 1. The number of rotatable bonds is 1. The van der Waals surface area contributed by atoms with E-state index in [4.69, 9.17) is 9.15 Å². The lowest BCUT2D eigenvalue weighted by atomic mass is 10.3. The Morgan fingerprint density at radius 2 is 2.31 bits per heavy atom. The average molecular weight is 244 g/mol. The summed E-state index contributed by atoms with van der Waals surface area (Å²) < 4.78 is 10.7. The average Bonchev–Trinajstić information content (AvgIpc) is 2.42. The van der Waals surface area contributed by atoms with Gasteiger partial charge in [-0.2, -0.15) is 0 Å². The van der Waals surface area contributed by atoms with Gasteiger partial charge in [-0.15, -0.1) is 0 Å². The number of H-pyrrole nitrogens is 1. The molecular weight excluding hydrogens is 238 g/mol. The molecular formula is C8H6BrNO3. The van der Waals surface area contributed by atoms with Crippen LogP contribution in [0.5, 0.6) is 5.75 Å². The molecule has 0 aliphatic carbocycles. The normalized spacial score (nSPS) is 10.6. The third-order valence-electron chi connectivity index (χ3n) is 1.69. The van der Waals surface area contributed by atoms with Crippen molar-refractivity contribution < 1.29 is 9.15 Å². The van der Waals surface area contributed by atoms with Crippen molar-refractivity contribution >= 4 is 27.0 Å². The third kappa shape index (κ3) is 1.35. The van der Waals surface area contributed by atoms with Gasteiger partial charge < -0.3 is 9.15 Å². The molecule has 0 aliphatic heterocycles. The van der Waals surface area contributed by atoms with Crippen LogP contribution in [0.4, 0.5) is 0 Å². The second-order valence-corrected chi connectivity index (χ2v) is 3.35. The monoisotopic (exact) mass is 243 g/mol. The number of halogens is 1. The number of oxazole rings is 1. The molecule has 4 nitrogen and oxygen atoms in total. The van der Waals surface area contributed by atoms with Gasteiger partial charge in [0.05, 0.1) is 17.1 Å². The number of nitrogens with one attached hydrogen (secondary N) is 1. The van der Waals surface area contributed by atoms with E-state index in [1.807, 2.05) is 0 Å². The summed E-state index contributed by atoms with van der Waals surface area (Å²) in [6, 6.07) is 3.39. The van der Waals surface area contributed by atoms with Crippen LogP contribution in [-0.2, 0) is 0 Å². The predicted molar refractivity (Wildman–Crippen MR) is 51.1 cm³/mol. The van der Waals surface area contributed by atoms with Gasteiger partial charge >= 0.3 is 5.76 Å². The first-order valence-electron chi connectivity index (χ1n) is 3.57. The van der Waals surface area contributed by atoms with Crippen molar-refractivity contribution in [3.63, 3.8) is 0 Å². The summed E-state index contributed by atoms with van der Waals surface area (Å²) >= 11 is 3.30. The van der Waals surface area contributed by atoms with Gasteiger partial charge in [0.25, 0.3) is 0 Å². The number of hydrogen-bond donors (Lipinski definition) is 1. The zero-order chi connectivity index (χ0) is 9.42. The maximum atomic E-state index is 10.8. The molecule has 0 atom stereocenters. The zero-order valence-electron chi connectivity index (χ0n) is 6.76. The van der Waals surface area contributed by atoms with Gasteiger partial charge in [-0.1, -0.05) is 0 Å². The summed E-state index contributed by atoms with van der Waals surface area (Å²) in [7, 11) is 1.55. The van der Waals surface area contributed by atoms with Crippen LogP contribution in [0.25, 0.3) is 11.1 Å². The zero-order valence-corrected chi connectivity index (χ0v) is 8.34. The molecule has 0 fully saturated rings.